The van der Waals surface area contributed by atoms with Crippen molar-refractivity contribution in [2.75, 3.05) is 13.7 Å². The minimum Gasteiger partial charge on any atom is -0.388 e. The van der Waals surface area contributed by atoms with Gasteiger partial charge in [-0.05, 0) is 20.3 Å². The molecule has 0 amide bonds. The van der Waals surface area contributed by atoms with E-state index in [1.54, 1.807) is 14.0 Å². The molecule has 2 N–H and O–H groups in total. The van der Waals surface area contributed by atoms with Crippen LogP contribution in [0.1, 0.15) is 32.1 Å². The molecule has 130 valence electrons. The zero-order valence-electron chi connectivity index (χ0n) is 13.8. The average Bonchev–Trinajstić information content (AvgIpc) is 2.80. The van der Waals surface area contributed by atoms with Crippen molar-refractivity contribution >= 4 is 0 Å². The summed E-state index contributed by atoms with van der Waals surface area (Å²) in [5.74, 6) is 0. The monoisotopic (exact) mass is 328 g/mol. The van der Waals surface area contributed by atoms with Gasteiger partial charge in [0.05, 0.1) is 18.8 Å². The van der Waals surface area contributed by atoms with Gasteiger partial charge in [-0.25, -0.2) is 4.79 Å². The third-order valence-corrected chi connectivity index (χ3v) is 3.93. The lowest BCUT2D eigenvalue weighted by molar-refractivity contribution is -0.111. The lowest BCUT2D eigenvalue weighted by Crippen LogP contribution is -2.41. The van der Waals surface area contributed by atoms with Gasteiger partial charge in [0, 0.05) is 18.9 Å². The van der Waals surface area contributed by atoms with Gasteiger partial charge in [-0.15, -0.1) is 0 Å². The normalized spacial score (nSPS) is 28.9. The molecule has 0 spiro atoms. The second kappa shape index (κ2) is 7.39. The lowest BCUT2D eigenvalue weighted by Gasteiger charge is -2.25. The highest BCUT2D eigenvalue weighted by Gasteiger charge is 2.45. The van der Waals surface area contributed by atoms with Gasteiger partial charge in [0.2, 0.25) is 0 Å². The summed E-state index contributed by atoms with van der Waals surface area (Å²) in [7, 11) is 1.56. The van der Waals surface area contributed by atoms with E-state index < -0.39 is 35.8 Å². The number of rotatable bonds is 6. The third kappa shape index (κ3) is 3.72. The van der Waals surface area contributed by atoms with Crippen molar-refractivity contribution in [1.82, 2.24) is 9.55 Å². The van der Waals surface area contributed by atoms with Crippen molar-refractivity contribution in [3.05, 3.63) is 32.6 Å². The zero-order chi connectivity index (χ0) is 17.1. The SMILES string of the molecule is CCC1OC(n2cc(C)c(=O)[nH]c2=O)C(OC(C)COC)C1O. The zero-order valence-corrected chi connectivity index (χ0v) is 13.8. The summed E-state index contributed by atoms with van der Waals surface area (Å²) in [6.45, 7) is 5.65. The molecule has 1 fully saturated rings. The van der Waals surface area contributed by atoms with Gasteiger partial charge in [-0.1, -0.05) is 6.92 Å². The molecule has 2 rings (SSSR count). The number of hydrogen-bond donors (Lipinski definition) is 2. The molecule has 0 saturated carbocycles. The smallest absolute Gasteiger partial charge is 0.330 e. The Hall–Kier alpha value is -1.48. The van der Waals surface area contributed by atoms with Crippen LogP contribution in [0.3, 0.4) is 0 Å². The first-order valence-electron chi connectivity index (χ1n) is 7.69. The molecule has 1 saturated heterocycles. The molecular formula is C15H24N2O6. The van der Waals surface area contributed by atoms with Crippen LogP contribution in [-0.4, -0.2) is 52.8 Å². The number of aryl methyl sites for hydroxylation is 1. The van der Waals surface area contributed by atoms with Crippen LogP contribution in [0.25, 0.3) is 0 Å². The summed E-state index contributed by atoms with van der Waals surface area (Å²) in [5, 5.41) is 10.4. The Morgan fingerprint density at radius 1 is 1.48 bits per heavy atom. The fourth-order valence-corrected chi connectivity index (χ4v) is 2.74. The Morgan fingerprint density at radius 3 is 2.78 bits per heavy atom. The number of aliphatic hydroxyl groups is 1. The number of methoxy groups -OCH3 is 1. The summed E-state index contributed by atoms with van der Waals surface area (Å²) in [6, 6.07) is 0. The van der Waals surface area contributed by atoms with Crippen molar-refractivity contribution in [3.63, 3.8) is 0 Å². The van der Waals surface area contributed by atoms with Crippen LogP contribution in [0.4, 0.5) is 0 Å². The Bertz CT molecular complexity index is 640. The van der Waals surface area contributed by atoms with Gasteiger partial charge in [-0.3, -0.25) is 14.3 Å². The van der Waals surface area contributed by atoms with Gasteiger partial charge >= 0.3 is 5.69 Å². The molecule has 0 radical (unpaired) electrons. The summed E-state index contributed by atoms with van der Waals surface area (Å²) >= 11 is 0. The number of nitrogens with one attached hydrogen (secondary N) is 1. The second-order valence-corrected chi connectivity index (χ2v) is 5.81. The molecule has 1 aromatic rings. The molecule has 0 bridgehead atoms. The molecule has 0 aliphatic carbocycles. The molecule has 0 aromatic carbocycles. The van der Waals surface area contributed by atoms with Crippen molar-refractivity contribution in [2.24, 2.45) is 0 Å². The maximum absolute atomic E-state index is 12.1. The third-order valence-electron chi connectivity index (χ3n) is 3.93. The Kier molecular flexibility index (Phi) is 5.74. The lowest BCUT2D eigenvalue weighted by atomic mass is 10.1. The highest BCUT2D eigenvalue weighted by molar-refractivity contribution is 5.03. The Morgan fingerprint density at radius 2 is 2.17 bits per heavy atom. The molecule has 8 heteroatoms. The maximum atomic E-state index is 12.1. The topological polar surface area (TPSA) is 103 Å². The quantitative estimate of drug-likeness (QED) is 0.758. The first-order valence-corrected chi connectivity index (χ1v) is 7.69. The molecule has 2 heterocycles. The van der Waals surface area contributed by atoms with E-state index in [0.717, 1.165) is 0 Å². The van der Waals surface area contributed by atoms with Gasteiger partial charge < -0.3 is 19.3 Å². The van der Waals surface area contributed by atoms with E-state index in [0.29, 0.717) is 18.6 Å². The summed E-state index contributed by atoms with van der Waals surface area (Å²) in [4.78, 5) is 25.9. The summed E-state index contributed by atoms with van der Waals surface area (Å²) in [6.07, 6.45) is -1.13. The van der Waals surface area contributed by atoms with Crippen LogP contribution in [0.2, 0.25) is 0 Å². The number of nitrogens with zero attached hydrogens (tertiary/aromatic N) is 1. The van der Waals surface area contributed by atoms with Gasteiger partial charge in [0.25, 0.3) is 5.56 Å². The number of ether oxygens (including phenoxy) is 3. The van der Waals surface area contributed by atoms with Crippen LogP contribution in [0, 0.1) is 6.92 Å². The number of aromatic nitrogens is 2. The van der Waals surface area contributed by atoms with Gasteiger partial charge in [0.1, 0.15) is 12.2 Å². The minimum atomic E-state index is -0.872. The predicted molar refractivity (Wildman–Crippen MR) is 82.5 cm³/mol. The van der Waals surface area contributed by atoms with E-state index in [4.69, 9.17) is 14.2 Å². The van der Waals surface area contributed by atoms with Crippen LogP contribution < -0.4 is 11.2 Å². The van der Waals surface area contributed by atoms with Gasteiger partial charge in [0.15, 0.2) is 6.23 Å². The summed E-state index contributed by atoms with van der Waals surface area (Å²) in [5.41, 5.74) is -0.657. The van der Waals surface area contributed by atoms with Crippen molar-refractivity contribution in [1.29, 1.82) is 0 Å². The molecule has 1 aromatic heterocycles. The van der Waals surface area contributed by atoms with Crippen molar-refractivity contribution in [3.8, 4) is 0 Å². The van der Waals surface area contributed by atoms with E-state index in [-0.39, 0.29) is 6.10 Å². The Balaban J connectivity index is 2.35. The molecule has 23 heavy (non-hydrogen) atoms. The Labute approximate surface area is 134 Å². The predicted octanol–water partition coefficient (Wildman–Crippen LogP) is -0.0666. The van der Waals surface area contributed by atoms with Crippen LogP contribution in [-0.2, 0) is 14.2 Å². The first-order chi connectivity index (χ1) is 10.9. The maximum Gasteiger partial charge on any atom is 0.330 e. The molecule has 1 aliphatic heterocycles. The van der Waals surface area contributed by atoms with E-state index in [9.17, 15) is 14.7 Å². The fraction of sp³-hybridized carbons (Fsp3) is 0.733. The molecule has 8 nitrogen and oxygen atoms in total. The molecule has 1 aliphatic rings. The molecule has 5 atom stereocenters. The molecule has 5 unspecified atom stereocenters. The standard InChI is InChI=1S/C15H24N2O6/c1-5-10-11(18)12(22-9(3)7-21-4)14(23-10)17-6-8(2)13(19)16-15(17)20/h6,9-12,14,18H,5,7H2,1-4H3,(H,16,19,20). The number of hydrogen-bond acceptors (Lipinski definition) is 6. The number of aliphatic hydroxyl groups excluding tert-OH is 1. The first kappa shape index (κ1) is 17.9. The van der Waals surface area contributed by atoms with Crippen LogP contribution in [0.5, 0.6) is 0 Å². The average molecular weight is 328 g/mol. The van der Waals surface area contributed by atoms with E-state index >= 15 is 0 Å². The molecular weight excluding hydrogens is 304 g/mol. The second-order valence-electron chi connectivity index (χ2n) is 5.81. The van der Waals surface area contributed by atoms with E-state index in [2.05, 4.69) is 4.98 Å². The largest absolute Gasteiger partial charge is 0.388 e. The number of aromatic amines is 1. The fourth-order valence-electron chi connectivity index (χ4n) is 2.74. The minimum absolute atomic E-state index is 0.277. The number of H-pyrrole nitrogens is 1. The highest BCUT2D eigenvalue weighted by atomic mass is 16.6. The van der Waals surface area contributed by atoms with Gasteiger partial charge in [-0.2, -0.15) is 0 Å². The van der Waals surface area contributed by atoms with Crippen LogP contribution >= 0.6 is 0 Å². The van der Waals surface area contributed by atoms with E-state index in [1.165, 1.54) is 10.8 Å². The van der Waals surface area contributed by atoms with Crippen molar-refractivity contribution in [2.45, 2.75) is 57.8 Å². The summed E-state index contributed by atoms with van der Waals surface area (Å²) < 4.78 is 17.9. The van der Waals surface area contributed by atoms with Crippen LogP contribution in [0.15, 0.2) is 15.8 Å². The highest BCUT2D eigenvalue weighted by Crippen LogP contribution is 2.33. The van der Waals surface area contributed by atoms with Crippen molar-refractivity contribution < 1.29 is 19.3 Å². The van der Waals surface area contributed by atoms with E-state index in [1.807, 2.05) is 13.8 Å².